The Hall–Kier alpha value is -3.05. The van der Waals surface area contributed by atoms with E-state index in [1.165, 1.54) is 42.5 Å². The Labute approximate surface area is 169 Å². The fraction of sp³-hybridized carbons (Fsp3) is 0.200. The number of unbranched alkanes of at least 4 members (excludes halogenated alkanes) is 1. The molecule has 142 valence electrons. The molecule has 0 unspecified atom stereocenters. The lowest BCUT2D eigenvalue weighted by Gasteiger charge is -2.16. The van der Waals surface area contributed by atoms with E-state index in [1.807, 2.05) is 6.07 Å². The molecular formula is C20H15BrFN3O3. The van der Waals surface area contributed by atoms with Crippen LogP contribution in [0.1, 0.15) is 24.0 Å². The van der Waals surface area contributed by atoms with Crippen molar-refractivity contribution in [2.24, 2.45) is 0 Å². The first kappa shape index (κ1) is 19.7. The molecule has 1 aliphatic heterocycles. The predicted octanol–water partition coefficient (Wildman–Crippen LogP) is 4.69. The van der Waals surface area contributed by atoms with Crippen molar-refractivity contribution in [1.82, 2.24) is 0 Å². The lowest BCUT2D eigenvalue weighted by Crippen LogP contribution is -2.27. The van der Waals surface area contributed by atoms with Crippen molar-refractivity contribution in [3.8, 4) is 6.07 Å². The van der Waals surface area contributed by atoms with Crippen LogP contribution in [0.3, 0.4) is 0 Å². The van der Waals surface area contributed by atoms with Crippen LogP contribution in [0.4, 0.5) is 15.8 Å². The van der Waals surface area contributed by atoms with Crippen LogP contribution in [0.25, 0.3) is 11.1 Å². The van der Waals surface area contributed by atoms with Crippen LogP contribution in [0.5, 0.6) is 0 Å². The molecular weight excluding hydrogens is 429 g/mol. The zero-order chi connectivity index (χ0) is 20.3. The van der Waals surface area contributed by atoms with E-state index in [0.29, 0.717) is 23.4 Å². The molecule has 1 heterocycles. The van der Waals surface area contributed by atoms with Crippen LogP contribution in [0.2, 0.25) is 0 Å². The van der Waals surface area contributed by atoms with Crippen LogP contribution < -0.4 is 4.90 Å². The molecule has 28 heavy (non-hydrogen) atoms. The number of nitro groups is 1. The van der Waals surface area contributed by atoms with Crippen LogP contribution in [0.15, 0.2) is 42.5 Å². The van der Waals surface area contributed by atoms with Gasteiger partial charge in [0.15, 0.2) is 0 Å². The molecule has 0 bridgehead atoms. The minimum absolute atomic E-state index is 0.0646. The highest BCUT2D eigenvalue weighted by atomic mass is 79.9. The summed E-state index contributed by atoms with van der Waals surface area (Å²) in [5, 5.41) is 21.4. The van der Waals surface area contributed by atoms with Gasteiger partial charge in [0.1, 0.15) is 11.9 Å². The first-order chi connectivity index (χ1) is 13.5. The monoisotopic (exact) mass is 443 g/mol. The van der Waals surface area contributed by atoms with E-state index < -0.39 is 10.7 Å². The maximum absolute atomic E-state index is 13.9. The van der Waals surface area contributed by atoms with Gasteiger partial charge in [0.2, 0.25) is 0 Å². The van der Waals surface area contributed by atoms with Crippen molar-refractivity contribution < 1.29 is 14.1 Å². The van der Waals surface area contributed by atoms with Gasteiger partial charge in [-0.2, -0.15) is 5.26 Å². The van der Waals surface area contributed by atoms with Crippen LogP contribution in [-0.4, -0.2) is 22.7 Å². The van der Waals surface area contributed by atoms with Gasteiger partial charge < -0.3 is 4.90 Å². The molecule has 1 aliphatic rings. The number of amides is 1. The normalized spacial score (nSPS) is 14.6. The Morgan fingerprint density at radius 3 is 2.54 bits per heavy atom. The van der Waals surface area contributed by atoms with E-state index in [-0.39, 0.29) is 22.7 Å². The average Bonchev–Trinajstić information content (AvgIpc) is 2.95. The van der Waals surface area contributed by atoms with Crippen molar-refractivity contribution in [2.75, 3.05) is 16.8 Å². The van der Waals surface area contributed by atoms with Crippen molar-refractivity contribution in [3.63, 3.8) is 0 Å². The number of nitriles is 1. The number of carbonyl (C=O) groups is 1. The minimum atomic E-state index is -0.542. The summed E-state index contributed by atoms with van der Waals surface area (Å²) in [6.07, 6.45) is 1.62. The molecule has 8 heteroatoms. The number of carbonyl (C=O) groups excluding carboxylic acids is 1. The highest BCUT2D eigenvalue weighted by molar-refractivity contribution is 9.09. The van der Waals surface area contributed by atoms with Gasteiger partial charge in [0, 0.05) is 29.6 Å². The number of anilines is 1. The first-order valence-corrected chi connectivity index (χ1v) is 9.67. The molecule has 0 atom stereocenters. The third-order valence-electron chi connectivity index (χ3n) is 4.47. The molecule has 6 nitrogen and oxygen atoms in total. The number of fused-ring (bicyclic) bond motifs is 1. The second-order valence-electron chi connectivity index (χ2n) is 6.18. The predicted molar refractivity (Wildman–Crippen MR) is 107 cm³/mol. The van der Waals surface area contributed by atoms with Gasteiger partial charge in [-0.05, 0) is 48.7 Å². The summed E-state index contributed by atoms with van der Waals surface area (Å²) >= 11 is 3.35. The summed E-state index contributed by atoms with van der Waals surface area (Å²) in [5.74, 6) is -0.877. The van der Waals surface area contributed by atoms with Gasteiger partial charge in [0.25, 0.3) is 11.6 Å². The molecule has 0 radical (unpaired) electrons. The zero-order valence-electron chi connectivity index (χ0n) is 14.7. The third kappa shape index (κ3) is 3.66. The molecule has 0 aromatic heterocycles. The molecule has 0 saturated heterocycles. The summed E-state index contributed by atoms with van der Waals surface area (Å²) in [4.78, 5) is 25.0. The van der Waals surface area contributed by atoms with Gasteiger partial charge in [0.05, 0.1) is 21.8 Å². The number of rotatable bonds is 6. The molecule has 1 amide bonds. The SMILES string of the molecule is N#C/C(=C1\C(=O)N(CCCCBr)c2ccc(F)cc21)c1ccc([N+](=O)[O-])cc1. The number of hydrogen-bond acceptors (Lipinski definition) is 4. The van der Waals surface area contributed by atoms with Gasteiger partial charge in [-0.3, -0.25) is 14.9 Å². The van der Waals surface area contributed by atoms with Crippen molar-refractivity contribution in [3.05, 3.63) is 69.5 Å². The summed E-state index contributed by atoms with van der Waals surface area (Å²) in [6, 6.07) is 11.5. The Bertz CT molecular complexity index is 1010. The Kier molecular flexibility index (Phi) is 5.85. The number of halogens is 2. The number of nitro benzene ring substituents is 1. The second kappa shape index (κ2) is 8.31. The number of nitrogens with zero attached hydrogens (tertiary/aromatic N) is 3. The first-order valence-electron chi connectivity index (χ1n) is 8.55. The molecule has 0 spiro atoms. The van der Waals surface area contributed by atoms with E-state index in [4.69, 9.17) is 0 Å². The summed E-state index contributed by atoms with van der Waals surface area (Å²) in [6.45, 7) is 0.450. The van der Waals surface area contributed by atoms with Gasteiger partial charge in [-0.15, -0.1) is 0 Å². The van der Waals surface area contributed by atoms with Crippen molar-refractivity contribution in [2.45, 2.75) is 12.8 Å². The standard InChI is InChI=1S/C20H15BrFN3O3/c21-9-1-2-10-24-18-8-5-14(22)11-16(18)19(20(24)26)17(12-23)13-3-6-15(7-4-13)25(27)28/h3-8,11H,1-2,9-10H2/b19-17+. The van der Waals surface area contributed by atoms with Gasteiger partial charge in [-0.25, -0.2) is 4.39 Å². The number of benzene rings is 2. The summed E-state index contributed by atoms with van der Waals surface area (Å²) < 4.78 is 13.9. The molecule has 2 aromatic carbocycles. The Morgan fingerprint density at radius 2 is 1.93 bits per heavy atom. The van der Waals surface area contributed by atoms with E-state index >= 15 is 0 Å². The van der Waals surface area contributed by atoms with Crippen molar-refractivity contribution >= 4 is 44.4 Å². The molecule has 2 aromatic rings. The molecule has 3 rings (SSSR count). The topological polar surface area (TPSA) is 87.2 Å². The maximum atomic E-state index is 13.9. The lowest BCUT2D eigenvalue weighted by molar-refractivity contribution is -0.384. The largest absolute Gasteiger partial charge is 0.308 e. The summed E-state index contributed by atoms with van der Waals surface area (Å²) in [7, 11) is 0. The van der Waals surface area contributed by atoms with E-state index in [1.54, 1.807) is 4.90 Å². The van der Waals surface area contributed by atoms with Crippen LogP contribution in [-0.2, 0) is 4.79 Å². The lowest BCUT2D eigenvalue weighted by atomic mass is 9.96. The third-order valence-corrected chi connectivity index (χ3v) is 5.03. The second-order valence-corrected chi connectivity index (χ2v) is 6.97. The van der Waals surface area contributed by atoms with Gasteiger partial charge >= 0.3 is 0 Å². The quantitative estimate of drug-likeness (QED) is 0.162. The number of hydrogen-bond donors (Lipinski definition) is 0. The summed E-state index contributed by atoms with van der Waals surface area (Å²) in [5.41, 5.74) is 1.35. The Morgan fingerprint density at radius 1 is 1.21 bits per heavy atom. The van der Waals surface area contributed by atoms with E-state index in [2.05, 4.69) is 15.9 Å². The fourth-order valence-electron chi connectivity index (χ4n) is 3.15. The van der Waals surface area contributed by atoms with Crippen molar-refractivity contribution in [1.29, 1.82) is 5.26 Å². The van der Waals surface area contributed by atoms with E-state index in [9.17, 15) is 24.6 Å². The average molecular weight is 444 g/mol. The van der Waals surface area contributed by atoms with Crippen LogP contribution in [0, 0.1) is 27.3 Å². The molecule has 0 saturated carbocycles. The maximum Gasteiger partial charge on any atom is 0.269 e. The molecule has 0 N–H and O–H groups in total. The minimum Gasteiger partial charge on any atom is -0.308 e. The van der Waals surface area contributed by atoms with Crippen LogP contribution >= 0.6 is 15.9 Å². The molecule has 0 aliphatic carbocycles. The van der Waals surface area contributed by atoms with E-state index in [0.717, 1.165) is 18.2 Å². The highest BCUT2D eigenvalue weighted by Gasteiger charge is 2.35. The number of allylic oxidation sites excluding steroid dienone is 1. The number of non-ortho nitro benzene ring substituents is 1. The van der Waals surface area contributed by atoms with Gasteiger partial charge in [-0.1, -0.05) is 15.9 Å². The highest BCUT2D eigenvalue weighted by Crippen LogP contribution is 2.41. The smallest absolute Gasteiger partial charge is 0.269 e. The Balaban J connectivity index is 2.12. The number of alkyl halides is 1. The zero-order valence-corrected chi connectivity index (χ0v) is 16.3. The molecule has 0 fully saturated rings. The fourth-order valence-corrected chi connectivity index (χ4v) is 3.54.